The van der Waals surface area contributed by atoms with Crippen molar-refractivity contribution in [2.75, 3.05) is 5.75 Å². The van der Waals surface area contributed by atoms with E-state index >= 15 is 0 Å². The predicted octanol–water partition coefficient (Wildman–Crippen LogP) is 2.71. The summed E-state index contributed by atoms with van der Waals surface area (Å²) in [5, 5.41) is 12.2. The van der Waals surface area contributed by atoms with Crippen molar-refractivity contribution in [1.82, 2.24) is 10.1 Å². The minimum absolute atomic E-state index is 0.0444. The Kier molecular flexibility index (Phi) is 3.83. The first kappa shape index (κ1) is 12.8. The summed E-state index contributed by atoms with van der Waals surface area (Å²) in [6.45, 7) is 0. The molecule has 0 spiro atoms. The molecule has 0 bridgehead atoms. The van der Waals surface area contributed by atoms with Gasteiger partial charge in [-0.15, -0.1) is 0 Å². The fourth-order valence-corrected chi connectivity index (χ4v) is 1.81. The fourth-order valence-electron chi connectivity index (χ4n) is 1.14. The van der Waals surface area contributed by atoms with Gasteiger partial charge in [0, 0.05) is 5.56 Å². The van der Waals surface area contributed by atoms with E-state index in [9.17, 15) is 9.18 Å². The van der Waals surface area contributed by atoms with Gasteiger partial charge in [-0.2, -0.15) is 4.98 Å². The summed E-state index contributed by atoms with van der Waals surface area (Å²) in [7, 11) is 0. The van der Waals surface area contributed by atoms with Crippen LogP contribution < -0.4 is 0 Å². The van der Waals surface area contributed by atoms with Gasteiger partial charge >= 0.3 is 5.97 Å². The summed E-state index contributed by atoms with van der Waals surface area (Å²) in [6.07, 6.45) is 0. The van der Waals surface area contributed by atoms with Crippen LogP contribution in [0, 0.1) is 5.82 Å². The Morgan fingerprint density at radius 1 is 1.56 bits per heavy atom. The normalized spacial score (nSPS) is 10.6. The number of hydrogen-bond donors (Lipinski definition) is 1. The van der Waals surface area contributed by atoms with Gasteiger partial charge in [0.05, 0.1) is 5.02 Å². The standard InChI is InChI=1S/C10H6ClFN2O3S/c11-6-3-5(1-2-7(6)12)9-13-10(17-14-9)18-4-8(15)16/h1-3H,4H2,(H,15,16). The first-order chi connectivity index (χ1) is 8.56. The van der Waals surface area contributed by atoms with Crippen molar-refractivity contribution in [3.8, 4) is 11.4 Å². The van der Waals surface area contributed by atoms with Gasteiger partial charge in [0.1, 0.15) is 11.6 Å². The molecule has 1 aromatic heterocycles. The van der Waals surface area contributed by atoms with E-state index in [0.717, 1.165) is 11.8 Å². The predicted molar refractivity (Wildman–Crippen MR) is 63.1 cm³/mol. The molecule has 0 saturated heterocycles. The van der Waals surface area contributed by atoms with Crippen LogP contribution >= 0.6 is 23.4 Å². The zero-order valence-corrected chi connectivity index (χ0v) is 10.3. The van der Waals surface area contributed by atoms with Crippen LogP contribution in [0.4, 0.5) is 4.39 Å². The summed E-state index contributed by atoms with van der Waals surface area (Å²) >= 11 is 6.53. The molecule has 0 fully saturated rings. The van der Waals surface area contributed by atoms with Gasteiger partial charge in [-0.3, -0.25) is 4.79 Å². The number of carbonyl (C=O) groups is 1. The van der Waals surface area contributed by atoms with E-state index in [-0.39, 0.29) is 21.8 Å². The number of hydrogen-bond acceptors (Lipinski definition) is 5. The third-order valence-electron chi connectivity index (χ3n) is 1.90. The van der Waals surface area contributed by atoms with Crippen LogP contribution in [0.5, 0.6) is 0 Å². The highest BCUT2D eigenvalue weighted by atomic mass is 35.5. The summed E-state index contributed by atoms with van der Waals surface area (Å²) < 4.78 is 17.8. The zero-order valence-electron chi connectivity index (χ0n) is 8.76. The number of carboxylic acid groups (broad SMARTS) is 1. The number of thioether (sulfide) groups is 1. The molecule has 0 aliphatic rings. The molecule has 1 N–H and O–H groups in total. The molecule has 0 aliphatic carbocycles. The van der Waals surface area contributed by atoms with E-state index < -0.39 is 11.8 Å². The Hall–Kier alpha value is -1.60. The Labute approximate surface area is 110 Å². The van der Waals surface area contributed by atoms with Crippen LogP contribution in [0.25, 0.3) is 11.4 Å². The first-order valence-electron chi connectivity index (χ1n) is 4.70. The summed E-state index contributed by atoms with van der Waals surface area (Å²) in [6, 6.07) is 4.02. The summed E-state index contributed by atoms with van der Waals surface area (Å²) in [4.78, 5) is 14.3. The minimum Gasteiger partial charge on any atom is -0.481 e. The van der Waals surface area contributed by atoms with Gasteiger partial charge in [0.2, 0.25) is 5.82 Å². The fraction of sp³-hybridized carbons (Fsp3) is 0.100. The molecule has 0 aliphatic heterocycles. The van der Waals surface area contributed by atoms with Gasteiger partial charge in [-0.05, 0) is 18.2 Å². The second kappa shape index (κ2) is 5.36. The summed E-state index contributed by atoms with van der Waals surface area (Å²) in [5.74, 6) is -1.47. The maximum Gasteiger partial charge on any atom is 0.314 e. The third kappa shape index (κ3) is 2.99. The lowest BCUT2D eigenvalue weighted by Crippen LogP contribution is -1.97. The van der Waals surface area contributed by atoms with Gasteiger partial charge in [0.25, 0.3) is 5.22 Å². The average Bonchev–Trinajstić information content (AvgIpc) is 2.79. The van der Waals surface area contributed by atoms with E-state index in [4.69, 9.17) is 21.2 Å². The van der Waals surface area contributed by atoms with Gasteiger partial charge in [-0.1, -0.05) is 28.5 Å². The van der Waals surface area contributed by atoms with Crippen molar-refractivity contribution in [2.45, 2.75) is 5.22 Å². The van der Waals surface area contributed by atoms with Crippen molar-refractivity contribution in [1.29, 1.82) is 0 Å². The van der Waals surface area contributed by atoms with Crippen molar-refractivity contribution in [2.24, 2.45) is 0 Å². The number of carboxylic acids is 1. The maximum atomic E-state index is 13.0. The highest BCUT2D eigenvalue weighted by molar-refractivity contribution is 7.99. The van der Waals surface area contributed by atoms with Crippen LogP contribution in [-0.2, 0) is 4.79 Å². The number of nitrogens with zero attached hydrogens (tertiary/aromatic N) is 2. The first-order valence-corrected chi connectivity index (χ1v) is 6.06. The molecule has 8 heteroatoms. The highest BCUT2D eigenvalue weighted by Crippen LogP contribution is 2.25. The number of aliphatic carboxylic acids is 1. The lowest BCUT2D eigenvalue weighted by atomic mass is 10.2. The number of halogens is 2. The molecule has 0 amide bonds. The molecule has 0 unspecified atom stereocenters. The smallest absolute Gasteiger partial charge is 0.314 e. The van der Waals surface area contributed by atoms with E-state index in [2.05, 4.69) is 10.1 Å². The molecule has 5 nitrogen and oxygen atoms in total. The van der Waals surface area contributed by atoms with E-state index in [1.165, 1.54) is 18.2 Å². The van der Waals surface area contributed by atoms with Crippen LogP contribution in [0.2, 0.25) is 5.02 Å². The zero-order chi connectivity index (χ0) is 13.1. The van der Waals surface area contributed by atoms with E-state index in [1.807, 2.05) is 0 Å². The lowest BCUT2D eigenvalue weighted by Gasteiger charge is -1.96. The van der Waals surface area contributed by atoms with Crippen LogP contribution in [0.15, 0.2) is 27.9 Å². The molecular weight excluding hydrogens is 283 g/mol. The molecular formula is C10H6ClFN2O3S. The lowest BCUT2D eigenvalue weighted by molar-refractivity contribution is -0.133. The van der Waals surface area contributed by atoms with Crippen LogP contribution in [0.3, 0.4) is 0 Å². The van der Waals surface area contributed by atoms with Gasteiger partial charge in [0.15, 0.2) is 0 Å². The molecule has 0 saturated carbocycles. The Bertz CT molecular complexity index is 590. The molecule has 94 valence electrons. The third-order valence-corrected chi connectivity index (χ3v) is 3.00. The monoisotopic (exact) mass is 288 g/mol. The average molecular weight is 289 g/mol. The number of aromatic nitrogens is 2. The Balaban J connectivity index is 2.18. The Morgan fingerprint density at radius 3 is 3.00 bits per heavy atom. The van der Waals surface area contributed by atoms with Gasteiger partial charge in [-0.25, -0.2) is 4.39 Å². The molecule has 1 aromatic carbocycles. The number of benzene rings is 1. The van der Waals surface area contributed by atoms with Crippen LogP contribution in [-0.4, -0.2) is 27.0 Å². The molecule has 0 atom stereocenters. The Morgan fingerprint density at radius 2 is 2.33 bits per heavy atom. The van der Waals surface area contributed by atoms with E-state index in [0.29, 0.717) is 5.56 Å². The van der Waals surface area contributed by atoms with Gasteiger partial charge < -0.3 is 9.63 Å². The molecule has 18 heavy (non-hydrogen) atoms. The van der Waals surface area contributed by atoms with Crippen molar-refractivity contribution >= 4 is 29.3 Å². The van der Waals surface area contributed by atoms with Crippen molar-refractivity contribution in [3.05, 3.63) is 29.0 Å². The van der Waals surface area contributed by atoms with E-state index in [1.54, 1.807) is 0 Å². The second-order valence-corrected chi connectivity index (χ2v) is 4.53. The molecule has 0 radical (unpaired) electrons. The van der Waals surface area contributed by atoms with Crippen molar-refractivity contribution in [3.63, 3.8) is 0 Å². The maximum absolute atomic E-state index is 13.0. The SMILES string of the molecule is O=C(O)CSc1nc(-c2ccc(F)c(Cl)c2)no1. The van der Waals surface area contributed by atoms with Crippen LogP contribution in [0.1, 0.15) is 0 Å². The van der Waals surface area contributed by atoms with Crippen molar-refractivity contribution < 1.29 is 18.8 Å². The quantitative estimate of drug-likeness (QED) is 0.872. The minimum atomic E-state index is -0.982. The highest BCUT2D eigenvalue weighted by Gasteiger charge is 2.12. The molecule has 2 aromatic rings. The molecule has 2 rings (SSSR count). The summed E-state index contributed by atoms with van der Waals surface area (Å²) in [5.41, 5.74) is 0.493. The largest absolute Gasteiger partial charge is 0.481 e. The topological polar surface area (TPSA) is 76.2 Å². The second-order valence-electron chi connectivity index (χ2n) is 3.20. The molecule has 1 heterocycles. The number of rotatable bonds is 4.